The molecule has 1 fully saturated rings. The Labute approximate surface area is 86.7 Å². The Morgan fingerprint density at radius 2 is 2.33 bits per heavy atom. The van der Waals surface area contributed by atoms with Crippen molar-refractivity contribution in [2.75, 3.05) is 6.54 Å². The van der Waals surface area contributed by atoms with Crippen molar-refractivity contribution < 1.29 is 8.78 Å². The summed E-state index contributed by atoms with van der Waals surface area (Å²) in [6.07, 6.45) is 1.78. The van der Waals surface area contributed by atoms with E-state index in [0.29, 0.717) is 6.54 Å². The number of halogens is 2. The standard InChI is InChI=1S/C9H14F2N4/c10-9(11)6-15-5-8(13-14-15)4-12-3-7-1-2-7/h5,7,9,12H,1-4,6H2. The molecule has 0 aliphatic heterocycles. The lowest BCUT2D eigenvalue weighted by atomic mass is 10.4. The van der Waals surface area contributed by atoms with Crippen molar-refractivity contribution in [1.29, 1.82) is 0 Å². The number of hydrogen-bond acceptors (Lipinski definition) is 3. The summed E-state index contributed by atoms with van der Waals surface area (Å²) >= 11 is 0. The molecule has 1 aliphatic carbocycles. The van der Waals surface area contributed by atoms with Crippen LogP contribution in [-0.2, 0) is 13.1 Å². The second-order valence-corrected chi connectivity index (χ2v) is 3.90. The van der Waals surface area contributed by atoms with E-state index in [0.717, 1.165) is 18.2 Å². The van der Waals surface area contributed by atoms with Crippen molar-refractivity contribution in [1.82, 2.24) is 20.3 Å². The average molecular weight is 216 g/mol. The van der Waals surface area contributed by atoms with Gasteiger partial charge < -0.3 is 5.32 Å². The molecule has 1 saturated carbocycles. The maximum Gasteiger partial charge on any atom is 0.257 e. The van der Waals surface area contributed by atoms with Crippen LogP contribution in [-0.4, -0.2) is 28.0 Å². The zero-order valence-corrected chi connectivity index (χ0v) is 8.37. The number of rotatable bonds is 6. The first kappa shape index (κ1) is 10.5. The number of nitrogens with zero attached hydrogens (tertiary/aromatic N) is 3. The molecule has 0 atom stereocenters. The van der Waals surface area contributed by atoms with Crippen LogP contribution >= 0.6 is 0 Å². The molecule has 2 rings (SSSR count). The first-order valence-corrected chi connectivity index (χ1v) is 5.12. The molecule has 4 nitrogen and oxygen atoms in total. The monoisotopic (exact) mass is 216 g/mol. The van der Waals surface area contributed by atoms with E-state index in [1.807, 2.05) is 0 Å². The lowest BCUT2D eigenvalue weighted by molar-refractivity contribution is 0.121. The van der Waals surface area contributed by atoms with Gasteiger partial charge in [0.05, 0.1) is 5.69 Å². The summed E-state index contributed by atoms with van der Waals surface area (Å²) in [5.41, 5.74) is 0.719. The fourth-order valence-electron chi connectivity index (χ4n) is 1.38. The summed E-state index contributed by atoms with van der Waals surface area (Å²) in [6, 6.07) is 0. The molecule has 1 aromatic heterocycles. The quantitative estimate of drug-likeness (QED) is 0.772. The molecule has 15 heavy (non-hydrogen) atoms. The van der Waals surface area contributed by atoms with Crippen LogP contribution in [0.4, 0.5) is 8.78 Å². The lowest BCUT2D eigenvalue weighted by Crippen LogP contribution is -2.16. The molecular weight excluding hydrogens is 202 g/mol. The predicted octanol–water partition coefficient (Wildman–Crippen LogP) is 1.04. The molecule has 0 unspecified atom stereocenters. The highest BCUT2D eigenvalue weighted by molar-refractivity contribution is 4.92. The van der Waals surface area contributed by atoms with Crippen LogP contribution in [0.2, 0.25) is 0 Å². The summed E-state index contributed by atoms with van der Waals surface area (Å²) in [6.45, 7) is 1.22. The molecule has 0 saturated heterocycles. The van der Waals surface area contributed by atoms with Crippen molar-refractivity contribution in [2.45, 2.75) is 32.4 Å². The fourth-order valence-corrected chi connectivity index (χ4v) is 1.38. The topological polar surface area (TPSA) is 42.7 Å². The second kappa shape index (κ2) is 4.65. The van der Waals surface area contributed by atoms with Crippen LogP contribution < -0.4 is 5.32 Å². The lowest BCUT2D eigenvalue weighted by Gasteiger charge is -1.99. The van der Waals surface area contributed by atoms with Gasteiger partial charge >= 0.3 is 0 Å². The van der Waals surface area contributed by atoms with Crippen LogP contribution in [0.1, 0.15) is 18.5 Å². The molecule has 0 spiro atoms. The molecule has 6 heteroatoms. The smallest absolute Gasteiger partial charge is 0.257 e. The van der Waals surface area contributed by atoms with Gasteiger partial charge in [-0.3, -0.25) is 0 Å². The van der Waals surface area contributed by atoms with Gasteiger partial charge in [-0.2, -0.15) is 0 Å². The van der Waals surface area contributed by atoms with Crippen molar-refractivity contribution in [3.63, 3.8) is 0 Å². The average Bonchev–Trinajstić information content (AvgIpc) is 2.88. The van der Waals surface area contributed by atoms with E-state index in [2.05, 4.69) is 15.6 Å². The Bertz CT molecular complexity index is 309. The molecule has 1 heterocycles. The highest BCUT2D eigenvalue weighted by Gasteiger charge is 2.20. The third-order valence-corrected chi connectivity index (χ3v) is 2.35. The summed E-state index contributed by atoms with van der Waals surface area (Å²) in [5.74, 6) is 0.807. The van der Waals surface area contributed by atoms with E-state index in [-0.39, 0.29) is 6.54 Å². The SMILES string of the molecule is FC(F)Cn1cc(CNCC2CC2)nn1. The number of nitrogens with one attached hydrogen (secondary N) is 1. The minimum Gasteiger partial charge on any atom is -0.311 e. The van der Waals surface area contributed by atoms with Gasteiger partial charge in [-0.15, -0.1) is 5.10 Å². The normalized spacial score (nSPS) is 16.2. The van der Waals surface area contributed by atoms with Crippen LogP contribution in [0, 0.1) is 5.92 Å². The minimum absolute atomic E-state index is 0.379. The Morgan fingerprint density at radius 3 is 3.00 bits per heavy atom. The minimum atomic E-state index is -2.38. The maximum absolute atomic E-state index is 12.0. The van der Waals surface area contributed by atoms with Crippen LogP contribution in [0.15, 0.2) is 6.20 Å². The Morgan fingerprint density at radius 1 is 1.53 bits per heavy atom. The molecule has 1 aliphatic rings. The van der Waals surface area contributed by atoms with Crippen molar-refractivity contribution in [3.05, 3.63) is 11.9 Å². The van der Waals surface area contributed by atoms with Gasteiger partial charge in [0.1, 0.15) is 6.54 Å². The summed E-state index contributed by atoms with van der Waals surface area (Å²) in [7, 11) is 0. The molecular formula is C9H14F2N4. The van der Waals surface area contributed by atoms with E-state index in [1.165, 1.54) is 17.5 Å². The highest BCUT2D eigenvalue weighted by Crippen LogP contribution is 2.27. The first-order chi connectivity index (χ1) is 7.24. The second-order valence-electron chi connectivity index (χ2n) is 3.90. The molecule has 1 aromatic rings. The van der Waals surface area contributed by atoms with Gasteiger partial charge in [0, 0.05) is 12.7 Å². The van der Waals surface area contributed by atoms with Crippen LogP contribution in [0.25, 0.3) is 0 Å². The number of alkyl halides is 2. The largest absolute Gasteiger partial charge is 0.311 e. The Hall–Kier alpha value is -1.04. The van der Waals surface area contributed by atoms with E-state index in [4.69, 9.17) is 0 Å². The van der Waals surface area contributed by atoms with Crippen molar-refractivity contribution in [3.8, 4) is 0 Å². The van der Waals surface area contributed by atoms with Gasteiger partial charge in [0.15, 0.2) is 0 Å². The van der Waals surface area contributed by atoms with Gasteiger partial charge in [-0.25, -0.2) is 13.5 Å². The molecule has 0 bridgehead atoms. The molecule has 0 aromatic carbocycles. The number of hydrogen-bond donors (Lipinski definition) is 1. The van der Waals surface area contributed by atoms with E-state index in [9.17, 15) is 8.78 Å². The molecule has 1 N–H and O–H groups in total. The fraction of sp³-hybridized carbons (Fsp3) is 0.778. The summed E-state index contributed by atoms with van der Waals surface area (Å²) in [4.78, 5) is 0. The maximum atomic E-state index is 12.0. The molecule has 84 valence electrons. The van der Waals surface area contributed by atoms with E-state index >= 15 is 0 Å². The van der Waals surface area contributed by atoms with Crippen LogP contribution in [0.5, 0.6) is 0 Å². The number of aromatic nitrogens is 3. The molecule has 0 amide bonds. The van der Waals surface area contributed by atoms with Gasteiger partial charge in [-0.1, -0.05) is 5.21 Å². The first-order valence-electron chi connectivity index (χ1n) is 5.12. The van der Waals surface area contributed by atoms with Crippen molar-refractivity contribution >= 4 is 0 Å². The third-order valence-electron chi connectivity index (χ3n) is 2.35. The van der Waals surface area contributed by atoms with E-state index in [1.54, 1.807) is 6.20 Å². The summed E-state index contributed by atoms with van der Waals surface area (Å²) in [5, 5.41) is 10.6. The predicted molar refractivity (Wildman–Crippen MR) is 50.5 cm³/mol. The zero-order chi connectivity index (χ0) is 10.7. The van der Waals surface area contributed by atoms with Crippen LogP contribution in [0.3, 0.4) is 0 Å². The van der Waals surface area contributed by atoms with Crippen molar-refractivity contribution in [2.24, 2.45) is 5.92 Å². The zero-order valence-electron chi connectivity index (χ0n) is 8.37. The van der Waals surface area contributed by atoms with Gasteiger partial charge in [0.25, 0.3) is 6.43 Å². The van der Waals surface area contributed by atoms with Gasteiger partial charge in [0.2, 0.25) is 0 Å². The highest BCUT2D eigenvalue weighted by atomic mass is 19.3. The summed E-state index contributed by atoms with van der Waals surface area (Å²) < 4.78 is 25.2. The molecule has 0 radical (unpaired) electrons. The van der Waals surface area contributed by atoms with Gasteiger partial charge in [-0.05, 0) is 25.3 Å². The third kappa shape index (κ3) is 3.54. The Balaban J connectivity index is 1.73. The van der Waals surface area contributed by atoms with E-state index < -0.39 is 6.43 Å². The Kier molecular flexibility index (Phi) is 3.25.